The number of nitrogens with one attached hydrogen (secondary N) is 1. The van der Waals surface area contributed by atoms with Crippen LogP contribution in [0.4, 0.5) is 4.79 Å². The van der Waals surface area contributed by atoms with E-state index in [1.807, 2.05) is 44.2 Å². The number of carbonyl (C=O) groups is 3. The summed E-state index contributed by atoms with van der Waals surface area (Å²) < 4.78 is 5.70. The number of urea groups is 1. The molecule has 0 aromatic heterocycles. The lowest BCUT2D eigenvalue weighted by atomic mass is 9.90. The summed E-state index contributed by atoms with van der Waals surface area (Å²) in [4.78, 5) is 40.4. The zero-order valence-corrected chi connectivity index (χ0v) is 19.2. The van der Waals surface area contributed by atoms with Crippen LogP contribution < -0.4 is 5.48 Å². The SMILES string of the molecule is C=CCCC(CC(C)C)C(=O)N(C(=O)NO)[C@@H](Cc1ccccc1)C(=O)OC1CCCC1. The van der Waals surface area contributed by atoms with Crippen molar-refractivity contribution in [2.45, 2.75) is 77.4 Å². The largest absolute Gasteiger partial charge is 0.461 e. The Hall–Kier alpha value is -2.67. The highest BCUT2D eigenvalue weighted by molar-refractivity contribution is 5.99. The van der Waals surface area contributed by atoms with E-state index < -0.39 is 29.9 Å². The molecule has 1 fully saturated rings. The minimum absolute atomic E-state index is 0.113. The lowest BCUT2D eigenvalue weighted by Crippen LogP contribution is -2.55. The summed E-state index contributed by atoms with van der Waals surface area (Å²) in [5.74, 6) is -1.38. The second-order valence-electron chi connectivity index (χ2n) is 8.87. The summed E-state index contributed by atoms with van der Waals surface area (Å²) in [6.45, 7) is 7.73. The smallest absolute Gasteiger partial charge is 0.348 e. The maximum atomic E-state index is 13.6. The van der Waals surface area contributed by atoms with E-state index >= 15 is 0 Å². The number of benzene rings is 1. The summed E-state index contributed by atoms with van der Waals surface area (Å²) in [7, 11) is 0. The van der Waals surface area contributed by atoms with Gasteiger partial charge in [0, 0.05) is 12.3 Å². The Morgan fingerprint density at radius 3 is 2.44 bits per heavy atom. The number of amides is 3. The van der Waals surface area contributed by atoms with Crippen molar-refractivity contribution in [2.75, 3.05) is 0 Å². The molecule has 0 heterocycles. The molecule has 2 N–H and O–H groups in total. The van der Waals surface area contributed by atoms with Crippen molar-refractivity contribution in [1.82, 2.24) is 10.4 Å². The first-order valence-corrected chi connectivity index (χ1v) is 11.5. The van der Waals surface area contributed by atoms with Gasteiger partial charge in [-0.2, -0.15) is 0 Å². The molecule has 0 spiro atoms. The van der Waals surface area contributed by atoms with Crippen LogP contribution in [0.3, 0.4) is 0 Å². The van der Waals surface area contributed by atoms with Crippen molar-refractivity contribution >= 4 is 17.9 Å². The average molecular weight is 445 g/mol. The van der Waals surface area contributed by atoms with E-state index in [9.17, 15) is 19.6 Å². The number of nitrogens with zero attached hydrogens (tertiary/aromatic N) is 1. The number of hydroxylamine groups is 1. The first-order chi connectivity index (χ1) is 15.4. The third-order valence-electron chi connectivity index (χ3n) is 5.82. The van der Waals surface area contributed by atoms with Crippen molar-refractivity contribution in [2.24, 2.45) is 11.8 Å². The topological polar surface area (TPSA) is 95.9 Å². The summed E-state index contributed by atoms with van der Waals surface area (Å²) in [5.41, 5.74) is 2.35. The lowest BCUT2D eigenvalue weighted by molar-refractivity contribution is -0.158. The fraction of sp³-hybridized carbons (Fsp3) is 0.560. The first kappa shape index (κ1) is 25.6. The van der Waals surface area contributed by atoms with Gasteiger partial charge in [0.15, 0.2) is 0 Å². The molecule has 32 heavy (non-hydrogen) atoms. The Kier molecular flexibility index (Phi) is 10.4. The first-order valence-electron chi connectivity index (χ1n) is 11.5. The van der Waals surface area contributed by atoms with Gasteiger partial charge in [0.1, 0.15) is 12.1 Å². The molecule has 7 nitrogen and oxygen atoms in total. The van der Waals surface area contributed by atoms with Gasteiger partial charge in [-0.25, -0.2) is 20.0 Å². The predicted octanol–water partition coefficient (Wildman–Crippen LogP) is 4.64. The van der Waals surface area contributed by atoms with Gasteiger partial charge < -0.3 is 4.74 Å². The van der Waals surface area contributed by atoms with Gasteiger partial charge in [0.05, 0.1) is 0 Å². The standard InChI is InChI=1S/C25H36N2O5/c1-4-5-13-20(16-18(2)3)23(28)27(25(30)26-31)22(17-19-11-7-6-8-12-19)24(29)32-21-14-9-10-15-21/h4,6-8,11-12,18,20-22,31H,1,5,9-10,13-17H2,2-3H3,(H,26,30)/t20?,22-/m0/s1. The second-order valence-corrected chi connectivity index (χ2v) is 8.87. The van der Waals surface area contributed by atoms with E-state index in [-0.39, 0.29) is 18.4 Å². The van der Waals surface area contributed by atoms with Crippen molar-refractivity contribution < 1.29 is 24.3 Å². The molecule has 2 rings (SSSR count). The van der Waals surface area contributed by atoms with E-state index in [2.05, 4.69) is 6.58 Å². The van der Waals surface area contributed by atoms with E-state index in [1.54, 1.807) is 11.6 Å². The van der Waals surface area contributed by atoms with Crippen molar-refractivity contribution in [1.29, 1.82) is 0 Å². The molecule has 1 aliphatic carbocycles. The van der Waals surface area contributed by atoms with Gasteiger partial charge in [0.25, 0.3) is 0 Å². The monoisotopic (exact) mass is 444 g/mol. The maximum absolute atomic E-state index is 13.6. The zero-order valence-electron chi connectivity index (χ0n) is 19.2. The molecule has 1 aromatic rings. The highest BCUT2D eigenvalue weighted by atomic mass is 16.5. The number of esters is 1. The molecule has 3 amide bonds. The minimum Gasteiger partial charge on any atom is -0.461 e. The van der Waals surface area contributed by atoms with Crippen molar-refractivity contribution in [3.05, 3.63) is 48.6 Å². The average Bonchev–Trinajstić information content (AvgIpc) is 3.29. The third kappa shape index (κ3) is 7.48. The molecule has 1 aliphatic rings. The van der Waals surface area contributed by atoms with Crippen LogP contribution in [0.5, 0.6) is 0 Å². The van der Waals surface area contributed by atoms with E-state index in [0.29, 0.717) is 19.3 Å². The van der Waals surface area contributed by atoms with Gasteiger partial charge in [-0.15, -0.1) is 6.58 Å². The minimum atomic E-state index is -1.17. The Morgan fingerprint density at radius 2 is 1.88 bits per heavy atom. The maximum Gasteiger partial charge on any atom is 0.348 e. The molecule has 1 aromatic carbocycles. The van der Waals surface area contributed by atoms with Crippen LogP contribution in [0, 0.1) is 11.8 Å². The Labute approximate surface area is 190 Å². The van der Waals surface area contributed by atoms with Crippen molar-refractivity contribution in [3.63, 3.8) is 0 Å². The van der Waals surface area contributed by atoms with Crippen LogP contribution in [-0.4, -0.2) is 40.2 Å². The second kappa shape index (κ2) is 13.0. The van der Waals surface area contributed by atoms with E-state index in [4.69, 9.17) is 4.74 Å². The summed E-state index contributed by atoms with van der Waals surface area (Å²) in [5, 5.41) is 9.41. The Morgan fingerprint density at radius 1 is 1.22 bits per heavy atom. The third-order valence-corrected chi connectivity index (χ3v) is 5.82. The summed E-state index contributed by atoms with van der Waals surface area (Å²) in [6, 6.07) is 6.99. The predicted molar refractivity (Wildman–Crippen MR) is 122 cm³/mol. The molecule has 176 valence electrons. The molecule has 1 saturated carbocycles. The van der Waals surface area contributed by atoms with Gasteiger partial charge in [0.2, 0.25) is 5.91 Å². The fourth-order valence-corrected chi connectivity index (χ4v) is 4.24. The zero-order chi connectivity index (χ0) is 23.5. The van der Waals surface area contributed by atoms with Crippen LogP contribution >= 0.6 is 0 Å². The van der Waals surface area contributed by atoms with Gasteiger partial charge in [-0.1, -0.05) is 50.3 Å². The number of hydrogen-bond donors (Lipinski definition) is 2. The summed E-state index contributed by atoms with van der Waals surface area (Å²) >= 11 is 0. The fourth-order valence-electron chi connectivity index (χ4n) is 4.24. The van der Waals surface area contributed by atoms with Crippen LogP contribution in [-0.2, 0) is 20.7 Å². The lowest BCUT2D eigenvalue weighted by Gasteiger charge is -2.32. The normalized spacial score (nSPS) is 15.8. The van der Waals surface area contributed by atoms with Crippen molar-refractivity contribution in [3.8, 4) is 0 Å². The highest BCUT2D eigenvalue weighted by Gasteiger charge is 2.40. The molecule has 2 atom stereocenters. The van der Waals surface area contributed by atoms with Crippen LogP contribution in [0.15, 0.2) is 43.0 Å². The molecular weight excluding hydrogens is 408 g/mol. The van der Waals surface area contributed by atoms with Crippen LogP contribution in [0.2, 0.25) is 0 Å². The molecule has 0 saturated heterocycles. The molecule has 0 bridgehead atoms. The van der Waals surface area contributed by atoms with E-state index in [0.717, 1.165) is 36.1 Å². The Bertz CT molecular complexity index is 759. The van der Waals surface area contributed by atoms with Crippen LogP contribution in [0.25, 0.3) is 0 Å². The van der Waals surface area contributed by atoms with Crippen LogP contribution in [0.1, 0.15) is 64.4 Å². The molecule has 0 radical (unpaired) electrons. The number of imide groups is 1. The summed E-state index contributed by atoms with van der Waals surface area (Å²) in [6.07, 6.45) is 6.82. The number of hydrogen-bond acceptors (Lipinski definition) is 5. The quantitative estimate of drug-likeness (QED) is 0.224. The Balaban J connectivity index is 2.38. The number of rotatable bonds is 11. The number of ether oxygens (including phenoxy) is 1. The van der Waals surface area contributed by atoms with E-state index in [1.165, 1.54) is 0 Å². The molecular formula is C25H36N2O5. The molecule has 1 unspecified atom stereocenters. The van der Waals surface area contributed by atoms with Gasteiger partial charge >= 0.3 is 12.0 Å². The number of allylic oxidation sites excluding steroid dienone is 1. The van der Waals surface area contributed by atoms with Gasteiger partial charge in [-0.05, 0) is 56.4 Å². The number of carbonyl (C=O) groups excluding carboxylic acids is 3. The molecule has 0 aliphatic heterocycles. The molecule has 7 heteroatoms. The van der Waals surface area contributed by atoms with Gasteiger partial charge in [-0.3, -0.25) is 10.0 Å². The highest BCUT2D eigenvalue weighted by Crippen LogP contribution is 2.26.